The van der Waals surface area contributed by atoms with E-state index in [9.17, 15) is 0 Å². The second-order valence-corrected chi connectivity index (χ2v) is 7.83. The molecule has 0 aromatic heterocycles. The van der Waals surface area contributed by atoms with Gasteiger partial charge in [-0.2, -0.15) is 0 Å². The van der Waals surface area contributed by atoms with E-state index >= 15 is 0 Å². The normalized spacial score (nSPS) is 30.5. The zero-order valence-electron chi connectivity index (χ0n) is 8.98. The van der Waals surface area contributed by atoms with Crippen LogP contribution in [0.3, 0.4) is 0 Å². The maximum absolute atomic E-state index is 5.89. The molecule has 1 saturated carbocycles. The molecule has 1 aliphatic rings. The van der Waals surface area contributed by atoms with E-state index in [0.29, 0.717) is 9.53 Å². The van der Waals surface area contributed by atoms with Gasteiger partial charge < -0.3 is 4.74 Å². The van der Waals surface area contributed by atoms with Crippen molar-refractivity contribution in [3.05, 3.63) is 0 Å². The zero-order chi connectivity index (χ0) is 9.90. The molecule has 0 heterocycles. The van der Waals surface area contributed by atoms with Crippen molar-refractivity contribution < 1.29 is 4.74 Å². The van der Waals surface area contributed by atoms with Crippen molar-refractivity contribution in [2.75, 3.05) is 6.61 Å². The fourth-order valence-electron chi connectivity index (χ4n) is 1.71. The van der Waals surface area contributed by atoms with E-state index in [0.717, 1.165) is 12.5 Å². The van der Waals surface area contributed by atoms with Crippen LogP contribution < -0.4 is 0 Å². The minimum Gasteiger partial charge on any atom is -0.377 e. The molecule has 1 aliphatic carbocycles. The minimum absolute atomic E-state index is 0.292. The molecule has 2 heteroatoms. The third kappa shape index (κ3) is 5.21. The van der Waals surface area contributed by atoms with Crippen molar-refractivity contribution in [2.24, 2.45) is 5.92 Å². The SMILES string of the molecule is CC1CCC(OCC(C)(C)I)CC1. The molecule has 13 heavy (non-hydrogen) atoms. The number of ether oxygens (including phenoxy) is 1. The number of hydrogen-bond acceptors (Lipinski definition) is 1. The van der Waals surface area contributed by atoms with Crippen LogP contribution in [0.15, 0.2) is 0 Å². The highest BCUT2D eigenvalue weighted by Gasteiger charge is 2.21. The summed E-state index contributed by atoms with van der Waals surface area (Å²) in [5.41, 5.74) is 0. The highest BCUT2D eigenvalue weighted by atomic mass is 127. The molecule has 0 radical (unpaired) electrons. The Hall–Kier alpha value is 0.690. The molecule has 0 atom stereocenters. The number of rotatable bonds is 3. The van der Waals surface area contributed by atoms with Crippen LogP contribution in [0.4, 0.5) is 0 Å². The molecule has 0 unspecified atom stereocenters. The Morgan fingerprint density at radius 2 is 1.77 bits per heavy atom. The van der Waals surface area contributed by atoms with Gasteiger partial charge >= 0.3 is 0 Å². The second kappa shape index (κ2) is 4.96. The maximum Gasteiger partial charge on any atom is 0.0610 e. The zero-order valence-corrected chi connectivity index (χ0v) is 11.1. The standard InChI is InChI=1S/C11H21IO/c1-9-4-6-10(7-5-9)13-8-11(2,3)12/h9-10H,4-8H2,1-3H3. The molecular weight excluding hydrogens is 275 g/mol. The summed E-state index contributed by atoms with van der Waals surface area (Å²) >= 11 is 2.45. The van der Waals surface area contributed by atoms with Gasteiger partial charge in [0.25, 0.3) is 0 Å². The van der Waals surface area contributed by atoms with Gasteiger partial charge in [0.2, 0.25) is 0 Å². The van der Waals surface area contributed by atoms with E-state index in [1.807, 2.05) is 0 Å². The van der Waals surface area contributed by atoms with E-state index in [2.05, 4.69) is 43.4 Å². The van der Waals surface area contributed by atoms with Crippen LogP contribution in [0.1, 0.15) is 46.5 Å². The molecule has 1 rings (SSSR count). The lowest BCUT2D eigenvalue weighted by Gasteiger charge is -2.28. The van der Waals surface area contributed by atoms with Crippen LogP contribution in [0.2, 0.25) is 0 Å². The lowest BCUT2D eigenvalue weighted by atomic mass is 9.89. The summed E-state index contributed by atoms with van der Waals surface area (Å²) in [7, 11) is 0. The van der Waals surface area contributed by atoms with Crippen LogP contribution in [0.25, 0.3) is 0 Å². The highest BCUT2D eigenvalue weighted by molar-refractivity contribution is 14.1. The van der Waals surface area contributed by atoms with E-state index < -0.39 is 0 Å². The Kier molecular flexibility index (Phi) is 4.49. The van der Waals surface area contributed by atoms with Crippen LogP contribution in [-0.2, 0) is 4.74 Å². The van der Waals surface area contributed by atoms with Crippen LogP contribution in [0.5, 0.6) is 0 Å². The Labute approximate surface area is 95.8 Å². The molecule has 1 fully saturated rings. The summed E-state index contributed by atoms with van der Waals surface area (Å²) in [6, 6.07) is 0. The Balaban J connectivity index is 2.16. The molecule has 0 N–H and O–H groups in total. The third-order valence-corrected chi connectivity index (χ3v) is 2.94. The first-order valence-electron chi connectivity index (χ1n) is 5.28. The van der Waals surface area contributed by atoms with Gasteiger partial charge in [-0.15, -0.1) is 0 Å². The van der Waals surface area contributed by atoms with Gasteiger partial charge in [-0.1, -0.05) is 29.5 Å². The van der Waals surface area contributed by atoms with Gasteiger partial charge in [-0.05, 0) is 45.4 Å². The molecule has 0 aromatic carbocycles. The van der Waals surface area contributed by atoms with Gasteiger partial charge in [-0.25, -0.2) is 0 Å². The molecule has 1 nitrogen and oxygen atoms in total. The molecular formula is C11H21IO. The summed E-state index contributed by atoms with van der Waals surface area (Å²) in [6.45, 7) is 7.68. The van der Waals surface area contributed by atoms with E-state index in [1.54, 1.807) is 0 Å². The molecule has 78 valence electrons. The van der Waals surface area contributed by atoms with E-state index in [-0.39, 0.29) is 0 Å². The summed E-state index contributed by atoms with van der Waals surface area (Å²) in [5, 5.41) is 0. The van der Waals surface area contributed by atoms with Crippen molar-refractivity contribution >= 4 is 22.6 Å². The number of alkyl halides is 1. The lowest BCUT2D eigenvalue weighted by Crippen LogP contribution is -2.27. The molecule has 0 spiro atoms. The Morgan fingerprint density at radius 3 is 2.23 bits per heavy atom. The van der Waals surface area contributed by atoms with Crippen molar-refractivity contribution in [1.29, 1.82) is 0 Å². The van der Waals surface area contributed by atoms with Gasteiger partial charge in [0.05, 0.1) is 12.7 Å². The first-order chi connectivity index (χ1) is 5.97. The van der Waals surface area contributed by atoms with Crippen LogP contribution in [0, 0.1) is 5.92 Å². The predicted octanol–water partition coefficient (Wildman–Crippen LogP) is 3.80. The average molecular weight is 296 g/mol. The first kappa shape index (κ1) is 11.8. The minimum atomic E-state index is 0.292. The molecule has 0 saturated heterocycles. The topological polar surface area (TPSA) is 9.23 Å². The van der Waals surface area contributed by atoms with Crippen molar-refractivity contribution in [3.63, 3.8) is 0 Å². The summed E-state index contributed by atoms with van der Waals surface area (Å²) < 4.78 is 6.18. The van der Waals surface area contributed by atoms with Crippen molar-refractivity contribution in [1.82, 2.24) is 0 Å². The van der Waals surface area contributed by atoms with Crippen molar-refractivity contribution in [3.8, 4) is 0 Å². The molecule has 0 bridgehead atoms. The fourth-order valence-corrected chi connectivity index (χ4v) is 1.89. The third-order valence-electron chi connectivity index (χ3n) is 2.63. The summed E-state index contributed by atoms with van der Waals surface area (Å²) in [6.07, 6.45) is 5.80. The molecule has 0 amide bonds. The highest BCUT2D eigenvalue weighted by Crippen LogP contribution is 2.27. The smallest absolute Gasteiger partial charge is 0.0610 e. The van der Waals surface area contributed by atoms with Gasteiger partial charge in [0.15, 0.2) is 0 Å². The predicted molar refractivity (Wildman–Crippen MR) is 65.5 cm³/mol. The molecule has 0 aromatic rings. The van der Waals surface area contributed by atoms with E-state index in [4.69, 9.17) is 4.74 Å². The summed E-state index contributed by atoms with van der Waals surface area (Å²) in [4.78, 5) is 0. The Bertz CT molecular complexity index is 143. The van der Waals surface area contributed by atoms with Gasteiger partial charge in [0, 0.05) is 3.42 Å². The Morgan fingerprint density at radius 1 is 1.23 bits per heavy atom. The largest absolute Gasteiger partial charge is 0.377 e. The maximum atomic E-state index is 5.89. The van der Waals surface area contributed by atoms with E-state index in [1.165, 1.54) is 25.7 Å². The van der Waals surface area contributed by atoms with Crippen LogP contribution >= 0.6 is 22.6 Å². The van der Waals surface area contributed by atoms with Crippen molar-refractivity contribution in [2.45, 2.75) is 56.0 Å². The second-order valence-electron chi connectivity index (χ2n) is 4.91. The first-order valence-corrected chi connectivity index (χ1v) is 6.36. The fraction of sp³-hybridized carbons (Fsp3) is 1.00. The van der Waals surface area contributed by atoms with Crippen LogP contribution in [-0.4, -0.2) is 16.1 Å². The summed E-state index contributed by atoms with van der Waals surface area (Å²) in [5.74, 6) is 0.924. The van der Waals surface area contributed by atoms with Gasteiger partial charge in [0.1, 0.15) is 0 Å². The van der Waals surface area contributed by atoms with Gasteiger partial charge in [-0.3, -0.25) is 0 Å². The lowest BCUT2D eigenvalue weighted by molar-refractivity contribution is 0.0139. The number of halogens is 1. The molecule has 0 aliphatic heterocycles. The quantitative estimate of drug-likeness (QED) is 0.568. The number of hydrogen-bond donors (Lipinski definition) is 0. The average Bonchev–Trinajstić information content (AvgIpc) is 2.02. The monoisotopic (exact) mass is 296 g/mol.